The Morgan fingerprint density at radius 2 is 2.04 bits per heavy atom. The number of benzene rings is 1. The van der Waals surface area contributed by atoms with Crippen LogP contribution in [0.2, 0.25) is 0 Å². The van der Waals surface area contributed by atoms with E-state index >= 15 is 0 Å². The molecule has 0 spiro atoms. The van der Waals surface area contributed by atoms with Gasteiger partial charge in [0, 0.05) is 22.7 Å². The Hall–Kier alpha value is -2.51. The molecule has 1 fully saturated rings. The lowest BCUT2D eigenvalue weighted by Gasteiger charge is -2.23. The van der Waals surface area contributed by atoms with Gasteiger partial charge in [-0.05, 0) is 67.6 Å². The lowest BCUT2D eigenvalue weighted by atomic mass is 9.89. The molecule has 122 valence electrons. The number of nitrogens with one attached hydrogen (secondary N) is 3. The summed E-state index contributed by atoms with van der Waals surface area (Å²) in [6, 6.07) is 10.9. The summed E-state index contributed by atoms with van der Waals surface area (Å²) in [7, 11) is 0. The fourth-order valence-corrected chi connectivity index (χ4v) is 3.89. The molecule has 4 nitrogen and oxygen atoms in total. The molecule has 0 unspecified atom stereocenters. The van der Waals surface area contributed by atoms with E-state index in [9.17, 15) is 0 Å². The SMILES string of the molecule is CCc1c(-c2c[nH]c(C#N)c2)[nH]c2ccc(C3CCNCC3)cc12. The molecule has 4 heteroatoms. The second-order valence-electron chi connectivity index (χ2n) is 6.58. The number of rotatable bonds is 3. The second-order valence-corrected chi connectivity index (χ2v) is 6.58. The molecule has 0 radical (unpaired) electrons. The van der Waals surface area contributed by atoms with Crippen LogP contribution in [-0.4, -0.2) is 23.1 Å². The third-order valence-electron chi connectivity index (χ3n) is 5.19. The van der Waals surface area contributed by atoms with E-state index in [-0.39, 0.29) is 0 Å². The third-order valence-corrected chi connectivity index (χ3v) is 5.19. The van der Waals surface area contributed by atoms with E-state index < -0.39 is 0 Å². The van der Waals surface area contributed by atoms with E-state index in [1.54, 1.807) is 0 Å². The molecule has 4 rings (SSSR count). The van der Waals surface area contributed by atoms with Crippen molar-refractivity contribution in [3.63, 3.8) is 0 Å². The first-order chi connectivity index (χ1) is 11.8. The van der Waals surface area contributed by atoms with E-state index in [0.717, 1.165) is 30.8 Å². The summed E-state index contributed by atoms with van der Waals surface area (Å²) < 4.78 is 0. The van der Waals surface area contributed by atoms with E-state index in [4.69, 9.17) is 5.26 Å². The molecule has 1 aliphatic rings. The number of aromatic nitrogens is 2. The van der Waals surface area contributed by atoms with Crippen molar-refractivity contribution in [2.75, 3.05) is 13.1 Å². The first-order valence-corrected chi connectivity index (χ1v) is 8.74. The molecule has 0 saturated carbocycles. The number of fused-ring (bicyclic) bond motifs is 1. The Balaban J connectivity index is 1.80. The highest BCUT2D eigenvalue weighted by molar-refractivity contribution is 5.91. The van der Waals surface area contributed by atoms with Gasteiger partial charge in [0.25, 0.3) is 0 Å². The fourth-order valence-electron chi connectivity index (χ4n) is 3.89. The lowest BCUT2D eigenvalue weighted by molar-refractivity contribution is 0.460. The van der Waals surface area contributed by atoms with Gasteiger partial charge >= 0.3 is 0 Å². The normalized spacial score (nSPS) is 15.7. The van der Waals surface area contributed by atoms with Gasteiger partial charge in [-0.3, -0.25) is 0 Å². The zero-order valence-corrected chi connectivity index (χ0v) is 13.9. The molecule has 3 N–H and O–H groups in total. The molecule has 1 saturated heterocycles. The minimum Gasteiger partial charge on any atom is -0.354 e. The van der Waals surface area contributed by atoms with Crippen LogP contribution < -0.4 is 5.32 Å². The van der Waals surface area contributed by atoms with Crippen LogP contribution in [0, 0.1) is 11.3 Å². The van der Waals surface area contributed by atoms with Gasteiger partial charge in [0.15, 0.2) is 0 Å². The number of hydrogen-bond acceptors (Lipinski definition) is 2. The maximum Gasteiger partial charge on any atom is 0.118 e. The Morgan fingerprint density at radius 1 is 1.21 bits per heavy atom. The van der Waals surface area contributed by atoms with Gasteiger partial charge in [-0.15, -0.1) is 0 Å². The summed E-state index contributed by atoms with van der Waals surface area (Å²) in [5.41, 5.74) is 6.76. The van der Waals surface area contributed by atoms with Crippen molar-refractivity contribution >= 4 is 10.9 Å². The number of H-pyrrole nitrogens is 2. The molecule has 1 aromatic carbocycles. The molecule has 0 atom stereocenters. The van der Waals surface area contributed by atoms with Crippen molar-refractivity contribution in [1.29, 1.82) is 5.26 Å². The highest BCUT2D eigenvalue weighted by atomic mass is 14.9. The van der Waals surface area contributed by atoms with E-state index in [1.165, 1.54) is 34.9 Å². The molecule has 2 aromatic heterocycles. The molecule has 1 aliphatic heterocycles. The molecule has 0 bridgehead atoms. The minimum atomic E-state index is 0.598. The number of hydrogen-bond donors (Lipinski definition) is 3. The molecule has 0 aliphatic carbocycles. The number of nitrogens with zero attached hydrogens (tertiary/aromatic N) is 1. The summed E-state index contributed by atoms with van der Waals surface area (Å²) >= 11 is 0. The van der Waals surface area contributed by atoms with Crippen LogP contribution in [0.5, 0.6) is 0 Å². The zero-order valence-electron chi connectivity index (χ0n) is 13.9. The van der Waals surface area contributed by atoms with E-state index in [2.05, 4.69) is 46.5 Å². The van der Waals surface area contributed by atoms with Gasteiger partial charge < -0.3 is 15.3 Å². The van der Waals surface area contributed by atoms with Crippen LogP contribution in [0.3, 0.4) is 0 Å². The van der Waals surface area contributed by atoms with Gasteiger partial charge in [-0.2, -0.15) is 5.26 Å². The Kier molecular flexibility index (Phi) is 3.87. The Labute approximate surface area is 141 Å². The smallest absolute Gasteiger partial charge is 0.118 e. The minimum absolute atomic E-state index is 0.598. The van der Waals surface area contributed by atoms with Gasteiger partial charge in [-0.25, -0.2) is 0 Å². The van der Waals surface area contributed by atoms with Crippen molar-refractivity contribution in [2.45, 2.75) is 32.1 Å². The van der Waals surface area contributed by atoms with Crippen molar-refractivity contribution in [3.8, 4) is 17.3 Å². The number of aromatic amines is 2. The first-order valence-electron chi connectivity index (χ1n) is 8.74. The van der Waals surface area contributed by atoms with Crippen molar-refractivity contribution in [2.24, 2.45) is 0 Å². The maximum absolute atomic E-state index is 9.05. The molecule has 3 aromatic rings. The summed E-state index contributed by atoms with van der Waals surface area (Å²) in [6.07, 6.45) is 5.31. The highest BCUT2D eigenvalue weighted by Gasteiger charge is 2.18. The number of aryl methyl sites for hydroxylation is 1. The van der Waals surface area contributed by atoms with Crippen LogP contribution in [0.25, 0.3) is 22.2 Å². The van der Waals surface area contributed by atoms with Crippen molar-refractivity contribution in [1.82, 2.24) is 15.3 Å². The van der Waals surface area contributed by atoms with E-state index in [0.29, 0.717) is 11.6 Å². The predicted octanol–water partition coefficient (Wildman–Crippen LogP) is 4.06. The summed E-state index contributed by atoms with van der Waals surface area (Å²) in [5, 5.41) is 13.8. The van der Waals surface area contributed by atoms with Gasteiger partial charge in [0.05, 0.1) is 5.69 Å². The van der Waals surface area contributed by atoms with Crippen molar-refractivity contribution < 1.29 is 0 Å². The maximum atomic E-state index is 9.05. The lowest BCUT2D eigenvalue weighted by Crippen LogP contribution is -2.26. The number of nitriles is 1. The third kappa shape index (κ3) is 2.51. The Bertz CT molecular complexity index is 904. The first kappa shape index (κ1) is 15.0. The molecule has 3 heterocycles. The zero-order chi connectivity index (χ0) is 16.5. The average Bonchev–Trinajstić information content (AvgIpc) is 3.25. The second kappa shape index (κ2) is 6.18. The molecular formula is C20H22N4. The quantitative estimate of drug-likeness (QED) is 0.681. The van der Waals surface area contributed by atoms with E-state index in [1.807, 2.05) is 12.3 Å². The van der Waals surface area contributed by atoms with Gasteiger partial charge in [0.1, 0.15) is 11.8 Å². The number of piperidine rings is 1. The van der Waals surface area contributed by atoms with Crippen LogP contribution in [0.1, 0.15) is 42.5 Å². The summed E-state index contributed by atoms with van der Waals surface area (Å²) in [6.45, 7) is 4.42. The largest absolute Gasteiger partial charge is 0.354 e. The molecular weight excluding hydrogens is 296 g/mol. The fraction of sp³-hybridized carbons (Fsp3) is 0.350. The van der Waals surface area contributed by atoms with Gasteiger partial charge in [-0.1, -0.05) is 13.0 Å². The van der Waals surface area contributed by atoms with Crippen LogP contribution in [-0.2, 0) is 6.42 Å². The molecule has 24 heavy (non-hydrogen) atoms. The summed E-state index contributed by atoms with van der Waals surface area (Å²) in [5.74, 6) is 0.663. The summed E-state index contributed by atoms with van der Waals surface area (Å²) in [4.78, 5) is 6.58. The molecule has 0 amide bonds. The van der Waals surface area contributed by atoms with Crippen molar-refractivity contribution in [3.05, 3.63) is 47.3 Å². The van der Waals surface area contributed by atoms with Crippen LogP contribution >= 0.6 is 0 Å². The monoisotopic (exact) mass is 318 g/mol. The standard InChI is InChI=1S/C20H22N4/c1-2-17-18-10-14(13-5-7-22-8-6-13)3-4-19(18)24-20(17)15-9-16(11-21)23-12-15/h3-4,9-10,12-13,22-24H,2,5-8H2,1H3. The predicted molar refractivity (Wildman–Crippen MR) is 97.0 cm³/mol. The highest BCUT2D eigenvalue weighted by Crippen LogP contribution is 2.34. The van der Waals surface area contributed by atoms with Crippen LogP contribution in [0.15, 0.2) is 30.5 Å². The average molecular weight is 318 g/mol. The topological polar surface area (TPSA) is 67.4 Å². The van der Waals surface area contributed by atoms with Crippen LogP contribution in [0.4, 0.5) is 0 Å². The Morgan fingerprint density at radius 3 is 2.75 bits per heavy atom. The van der Waals surface area contributed by atoms with Gasteiger partial charge in [0.2, 0.25) is 0 Å².